The van der Waals surface area contributed by atoms with Gasteiger partial charge in [0.05, 0.1) is 0 Å². The molecule has 0 aromatic heterocycles. The van der Waals surface area contributed by atoms with E-state index in [0.717, 1.165) is 0 Å². The molecule has 1 amide bonds. The molecule has 120 valence electrons. The number of nitrogens with one attached hydrogen (secondary N) is 2. The number of amides is 1. The summed E-state index contributed by atoms with van der Waals surface area (Å²) in [5.74, 6) is -0.331. The summed E-state index contributed by atoms with van der Waals surface area (Å²) < 4.78 is 13.6. The number of rotatable bonds is 5. The van der Waals surface area contributed by atoms with Crippen LogP contribution in [0.3, 0.4) is 0 Å². The van der Waals surface area contributed by atoms with Crippen molar-refractivity contribution in [3.05, 3.63) is 96.6 Å². The van der Waals surface area contributed by atoms with Gasteiger partial charge in [-0.05, 0) is 36.4 Å². The van der Waals surface area contributed by atoms with Crippen LogP contribution in [0.25, 0.3) is 0 Å². The molecule has 4 nitrogen and oxygen atoms in total. The smallest absolute Gasteiger partial charge is 0.265 e. The van der Waals surface area contributed by atoms with Crippen LogP contribution in [0, 0.1) is 0 Å². The molecule has 0 aliphatic rings. The molecule has 0 saturated carbocycles. The molecule has 24 heavy (non-hydrogen) atoms. The van der Waals surface area contributed by atoms with Gasteiger partial charge in [0.1, 0.15) is 0 Å². The van der Waals surface area contributed by atoms with E-state index in [2.05, 4.69) is 10.6 Å². The molecule has 0 radical (unpaired) electrons. The van der Waals surface area contributed by atoms with E-state index in [1.807, 2.05) is 42.5 Å². The zero-order valence-electron chi connectivity index (χ0n) is 12.9. The van der Waals surface area contributed by atoms with Gasteiger partial charge in [0.25, 0.3) is 5.91 Å². The molecular formula is C19H17N2O2P. The van der Waals surface area contributed by atoms with E-state index < -0.39 is 7.29 Å². The van der Waals surface area contributed by atoms with Crippen molar-refractivity contribution in [3.8, 4) is 0 Å². The lowest BCUT2D eigenvalue weighted by molar-refractivity contribution is 0.0945. The summed E-state index contributed by atoms with van der Waals surface area (Å²) in [6.45, 7) is 0. The Bertz CT molecular complexity index is 809. The highest BCUT2D eigenvalue weighted by Gasteiger charge is 2.27. The lowest BCUT2D eigenvalue weighted by atomic mass is 10.2. The Morgan fingerprint density at radius 3 is 1.54 bits per heavy atom. The van der Waals surface area contributed by atoms with Crippen molar-refractivity contribution in [2.45, 2.75) is 0 Å². The average molecular weight is 336 g/mol. The van der Waals surface area contributed by atoms with E-state index >= 15 is 0 Å². The first-order valence-electron chi connectivity index (χ1n) is 7.54. The van der Waals surface area contributed by atoms with Crippen molar-refractivity contribution in [3.63, 3.8) is 0 Å². The highest BCUT2D eigenvalue weighted by atomic mass is 31.2. The Balaban J connectivity index is 1.89. The normalized spacial score (nSPS) is 11.0. The Morgan fingerprint density at radius 1 is 0.667 bits per heavy atom. The average Bonchev–Trinajstić information content (AvgIpc) is 2.68. The topological polar surface area (TPSA) is 58.2 Å². The van der Waals surface area contributed by atoms with Crippen LogP contribution in [-0.4, -0.2) is 5.91 Å². The Labute approximate surface area is 140 Å². The molecule has 0 aliphatic carbocycles. The second-order valence-electron chi connectivity index (χ2n) is 5.21. The molecule has 0 heterocycles. The summed E-state index contributed by atoms with van der Waals surface area (Å²) in [6, 6.07) is 27.0. The molecule has 0 unspecified atom stereocenters. The van der Waals surface area contributed by atoms with Crippen LogP contribution in [0.15, 0.2) is 91.0 Å². The van der Waals surface area contributed by atoms with Gasteiger partial charge < -0.3 is 0 Å². The van der Waals surface area contributed by atoms with Crippen molar-refractivity contribution in [2.24, 2.45) is 0 Å². The second kappa shape index (κ2) is 7.26. The summed E-state index contributed by atoms with van der Waals surface area (Å²) in [6.07, 6.45) is 0. The first-order valence-corrected chi connectivity index (χ1v) is 9.25. The van der Waals surface area contributed by atoms with Crippen molar-refractivity contribution >= 4 is 23.8 Å². The first-order chi connectivity index (χ1) is 11.7. The Morgan fingerprint density at radius 2 is 1.08 bits per heavy atom. The van der Waals surface area contributed by atoms with E-state index in [1.54, 1.807) is 48.5 Å². The minimum Gasteiger partial charge on any atom is -0.295 e. The van der Waals surface area contributed by atoms with Crippen LogP contribution in [-0.2, 0) is 4.57 Å². The third-order valence-electron chi connectivity index (χ3n) is 3.60. The van der Waals surface area contributed by atoms with Crippen LogP contribution >= 0.6 is 7.29 Å². The maximum absolute atomic E-state index is 13.6. The lowest BCUT2D eigenvalue weighted by Gasteiger charge is -2.21. The molecule has 0 atom stereocenters. The Hall–Kier alpha value is -2.68. The fourth-order valence-corrected chi connectivity index (χ4v) is 4.34. The molecular weight excluding hydrogens is 319 g/mol. The van der Waals surface area contributed by atoms with Crippen LogP contribution < -0.4 is 21.2 Å². The summed E-state index contributed by atoms with van der Waals surface area (Å²) in [5, 5.41) is 4.04. The summed E-state index contributed by atoms with van der Waals surface area (Å²) in [7, 11) is -3.18. The lowest BCUT2D eigenvalue weighted by Crippen LogP contribution is -2.40. The predicted molar refractivity (Wildman–Crippen MR) is 96.8 cm³/mol. The highest BCUT2D eigenvalue weighted by molar-refractivity contribution is 7.76. The second-order valence-corrected chi connectivity index (χ2v) is 7.69. The fraction of sp³-hybridized carbons (Fsp3) is 0. The zero-order valence-corrected chi connectivity index (χ0v) is 13.8. The van der Waals surface area contributed by atoms with Gasteiger partial charge in [-0.25, -0.2) is 0 Å². The summed E-state index contributed by atoms with van der Waals surface area (Å²) in [5.41, 5.74) is 3.08. The van der Waals surface area contributed by atoms with E-state index in [9.17, 15) is 9.36 Å². The largest absolute Gasteiger partial charge is 0.295 e. The van der Waals surface area contributed by atoms with Gasteiger partial charge in [-0.2, -0.15) is 5.20 Å². The molecule has 0 saturated heterocycles. The summed E-state index contributed by atoms with van der Waals surface area (Å²) >= 11 is 0. The number of hydrazine groups is 1. The van der Waals surface area contributed by atoms with E-state index in [-0.39, 0.29) is 5.91 Å². The van der Waals surface area contributed by atoms with E-state index in [0.29, 0.717) is 16.2 Å². The van der Waals surface area contributed by atoms with Crippen LogP contribution in [0.4, 0.5) is 0 Å². The highest BCUT2D eigenvalue weighted by Crippen LogP contribution is 2.37. The van der Waals surface area contributed by atoms with Gasteiger partial charge in [-0.1, -0.05) is 54.6 Å². The van der Waals surface area contributed by atoms with Gasteiger partial charge in [0, 0.05) is 16.2 Å². The number of hydrogen-bond acceptors (Lipinski definition) is 2. The van der Waals surface area contributed by atoms with Gasteiger partial charge in [0.2, 0.25) is 7.29 Å². The predicted octanol–water partition coefficient (Wildman–Crippen LogP) is 2.85. The fourth-order valence-electron chi connectivity index (χ4n) is 2.35. The minimum absolute atomic E-state index is 0.331. The molecule has 5 heteroatoms. The first kappa shape index (κ1) is 16.2. The molecule has 0 spiro atoms. The zero-order chi connectivity index (χ0) is 16.8. The maximum Gasteiger partial charge on any atom is 0.265 e. The quantitative estimate of drug-likeness (QED) is 0.556. The van der Waals surface area contributed by atoms with E-state index in [4.69, 9.17) is 0 Å². The maximum atomic E-state index is 13.6. The van der Waals surface area contributed by atoms with Crippen LogP contribution in [0.2, 0.25) is 0 Å². The standard InChI is InChI=1S/C19H17N2O2P/c22-19(16-10-4-1-5-11-16)20-21-24(23,17-12-6-2-7-13-17)18-14-8-3-9-15-18/h1-15H,(H,20,22)(H,21,23). The number of hydrogen-bond donors (Lipinski definition) is 2. The van der Waals surface area contributed by atoms with Crippen molar-refractivity contribution in [1.29, 1.82) is 0 Å². The van der Waals surface area contributed by atoms with Gasteiger partial charge in [-0.3, -0.25) is 14.8 Å². The van der Waals surface area contributed by atoms with Crippen molar-refractivity contribution in [2.75, 3.05) is 0 Å². The molecule has 2 N–H and O–H groups in total. The molecule has 0 fully saturated rings. The number of benzene rings is 3. The SMILES string of the molecule is O=C(NNP(=O)(c1ccccc1)c1ccccc1)c1ccccc1. The van der Waals surface area contributed by atoms with Crippen molar-refractivity contribution in [1.82, 2.24) is 10.6 Å². The van der Waals surface area contributed by atoms with Crippen LogP contribution in [0.1, 0.15) is 10.4 Å². The van der Waals surface area contributed by atoms with Crippen molar-refractivity contribution < 1.29 is 9.36 Å². The number of carbonyl (C=O) groups excluding carboxylic acids is 1. The molecule has 0 aliphatic heterocycles. The van der Waals surface area contributed by atoms with Gasteiger partial charge in [-0.15, -0.1) is 0 Å². The van der Waals surface area contributed by atoms with Gasteiger partial charge >= 0.3 is 0 Å². The number of carbonyl (C=O) groups is 1. The van der Waals surface area contributed by atoms with Crippen LogP contribution in [0.5, 0.6) is 0 Å². The Kier molecular flexibility index (Phi) is 4.90. The van der Waals surface area contributed by atoms with E-state index in [1.165, 1.54) is 0 Å². The molecule has 3 rings (SSSR count). The third kappa shape index (κ3) is 3.46. The molecule has 3 aromatic carbocycles. The minimum atomic E-state index is -3.18. The monoisotopic (exact) mass is 336 g/mol. The summed E-state index contributed by atoms with van der Waals surface area (Å²) in [4.78, 5) is 12.3. The third-order valence-corrected chi connectivity index (χ3v) is 6.08. The molecule has 0 bridgehead atoms. The van der Waals surface area contributed by atoms with Gasteiger partial charge in [0.15, 0.2) is 0 Å². The molecule has 3 aromatic rings.